The molecule has 2 atom stereocenters. The van der Waals surface area contributed by atoms with Crippen LogP contribution in [0.4, 0.5) is 0 Å². The van der Waals surface area contributed by atoms with E-state index in [1.165, 1.54) is 6.42 Å². The molecule has 1 fully saturated rings. The second kappa shape index (κ2) is 4.17. The summed E-state index contributed by atoms with van der Waals surface area (Å²) in [7, 11) is 0. The first-order valence-corrected chi connectivity index (χ1v) is 4.34. The van der Waals surface area contributed by atoms with Crippen LogP contribution in [0.5, 0.6) is 0 Å². The van der Waals surface area contributed by atoms with Crippen molar-refractivity contribution in [3.63, 3.8) is 0 Å². The van der Waals surface area contributed by atoms with Crippen molar-refractivity contribution < 1.29 is 0 Å². The van der Waals surface area contributed by atoms with Crippen LogP contribution in [0.2, 0.25) is 0 Å². The van der Waals surface area contributed by atoms with Crippen LogP contribution in [0.1, 0.15) is 19.8 Å². The van der Waals surface area contributed by atoms with Gasteiger partial charge in [-0.25, -0.2) is 0 Å². The van der Waals surface area contributed by atoms with Crippen molar-refractivity contribution in [3.05, 3.63) is 37.0 Å². The van der Waals surface area contributed by atoms with Crippen molar-refractivity contribution >= 4 is 0 Å². The molecule has 0 spiro atoms. The van der Waals surface area contributed by atoms with Gasteiger partial charge in [-0.2, -0.15) is 0 Å². The molecule has 11 heavy (non-hydrogen) atoms. The smallest absolute Gasteiger partial charge is 0.0161 e. The van der Waals surface area contributed by atoms with Crippen LogP contribution in [-0.4, -0.2) is 0 Å². The molecule has 0 aromatic carbocycles. The maximum atomic E-state index is 3.77. The predicted molar refractivity (Wildman–Crippen MR) is 50.4 cm³/mol. The van der Waals surface area contributed by atoms with Gasteiger partial charge in [0.2, 0.25) is 0 Å². The van der Waals surface area contributed by atoms with E-state index in [9.17, 15) is 0 Å². The van der Waals surface area contributed by atoms with Gasteiger partial charge in [0, 0.05) is 0 Å². The minimum Gasteiger partial charge on any atom is -0.103 e. The summed E-state index contributed by atoms with van der Waals surface area (Å²) < 4.78 is 0. The molecular formula is C11H16. The molecule has 1 aliphatic carbocycles. The number of hydrogen-bond acceptors (Lipinski definition) is 0. The van der Waals surface area contributed by atoms with Crippen LogP contribution in [-0.2, 0) is 0 Å². The first-order chi connectivity index (χ1) is 5.38. The van der Waals surface area contributed by atoms with Gasteiger partial charge in [0.1, 0.15) is 0 Å². The molecule has 0 aromatic rings. The van der Waals surface area contributed by atoms with Crippen LogP contribution in [0.25, 0.3) is 0 Å². The molecule has 0 radical (unpaired) electrons. The molecule has 0 bridgehead atoms. The third-order valence-electron chi connectivity index (χ3n) is 2.04. The number of rotatable bonds is 4. The van der Waals surface area contributed by atoms with Crippen LogP contribution in [0, 0.1) is 11.8 Å². The summed E-state index contributed by atoms with van der Waals surface area (Å²) in [6, 6.07) is 0. The van der Waals surface area contributed by atoms with Crippen molar-refractivity contribution in [2.75, 3.05) is 0 Å². The molecule has 0 saturated heterocycles. The quantitative estimate of drug-likeness (QED) is 0.424. The molecule has 0 amide bonds. The maximum Gasteiger partial charge on any atom is -0.0161 e. The Hall–Kier alpha value is -0.780. The Morgan fingerprint density at radius 1 is 1.36 bits per heavy atom. The van der Waals surface area contributed by atoms with Gasteiger partial charge in [-0.3, -0.25) is 0 Å². The molecule has 0 heterocycles. The van der Waals surface area contributed by atoms with Crippen LogP contribution in [0.15, 0.2) is 37.0 Å². The Kier molecular flexibility index (Phi) is 3.15. The van der Waals surface area contributed by atoms with Gasteiger partial charge in [-0.15, -0.1) is 6.58 Å². The van der Waals surface area contributed by atoms with Gasteiger partial charge >= 0.3 is 0 Å². The molecule has 1 saturated carbocycles. The molecule has 0 N–H and O–H groups in total. The highest BCUT2D eigenvalue weighted by molar-refractivity contribution is 5.13. The second-order valence-corrected chi connectivity index (χ2v) is 3.02. The Bertz CT molecular complexity index is 174. The lowest BCUT2D eigenvalue weighted by Crippen LogP contribution is -1.68. The fraction of sp³-hybridized carbons (Fsp3) is 0.455. The van der Waals surface area contributed by atoms with E-state index in [4.69, 9.17) is 0 Å². The van der Waals surface area contributed by atoms with E-state index in [0.29, 0.717) is 0 Å². The average Bonchev–Trinajstić information content (AvgIpc) is 2.77. The first-order valence-electron chi connectivity index (χ1n) is 4.34. The SMILES string of the molecule is C=CC1CC1/C=C/C=C\CC. The van der Waals surface area contributed by atoms with E-state index in [2.05, 4.69) is 43.9 Å². The van der Waals surface area contributed by atoms with Gasteiger partial charge in [-0.1, -0.05) is 37.3 Å². The molecule has 0 aliphatic heterocycles. The lowest BCUT2D eigenvalue weighted by atomic mass is 10.3. The van der Waals surface area contributed by atoms with Crippen molar-refractivity contribution in [1.29, 1.82) is 0 Å². The van der Waals surface area contributed by atoms with Crippen molar-refractivity contribution in [1.82, 2.24) is 0 Å². The highest BCUT2D eigenvalue weighted by atomic mass is 14.3. The molecule has 0 aromatic heterocycles. The molecule has 1 rings (SSSR count). The summed E-state index contributed by atoms with van der Waals surface area (Å²) >= 11 is 0. The lowest BCUT2D eigenvalue weighted by Gasteiger charge is -1.80. The fourth-order valence-corrected chi connectivity index (χ4v) is 1.15. The molecule has 0 heteroatoms. The predicted octanol–water partition coefficient (Wildman–Crippen LogP) is 3.33. The molecular weight excluding hydrogens is 132 g/mol. The van der Waals surface area contributed by atoms with Gasteiger partial charge in [0.05, 0.1) is 0 Å². The van der Waals surface area contributed by atoms with E-state index in [-0.39, 0.29) is 0 Å². The van der Waals surface area contributed by atoms with Gasteiger partial charge in [0.25, 0.3) is 0 Å². The van der Waals surface area contributed by atoms with E-state index in [1.807, 2.05) is 0 Å². The summed E-state index contributed by atoms with van der Waals surface area (Å²) in [5, 5.41) is 0. The maximum absolute atomic E-state index is 3.77. The summed E-state index contributed by atoms with van der Waals surface area (Å²) in [5.74, 6) is 1.55. The molecule has 1 aliphatic rings. The highest BCUT2D eigenvalue weighted by Crippen LogP contribution is 2.40. The monoisotopic (exact) mass is 148 g/mol. The van der Waals surface area contributed by atoms with E-state index in [0.717, 1.165) is 18.3 Å². The number of allylic oxidation sites excluding steroid dienone is 5. The Morgan fingerprint density at radius 2 is 2.18 bits per heavy atom. The van der Waals surface area contributed by atoms with E-state index >= 15 is 0 Å². The molecule has 2 unspecified atom stereocenters. The summed E-state index contributed by atoms with van der Waals surface area (Å²) in [6.07, 6.45) is 13.2. The average molecular weight is 148 g/mol. The van der Waals surface area contributed by atoms with Gasteiger partial charge < -0.3 is 0 Å². The van der Waals surface area contributed by atoms with Gasteiger partial charge in [-0.05, 0) is 24.7 Å². The van der Waals surface area contributed by atoms with Gasteiger partial charge in [0.15, 0.2) is 0 Å². The molecule has 60 valence electrons. The van der Waals surface area contributed by atoms with E-state index in [1.54, 1.807) is 0 Å². The van der Waals surface area contributed by atoms with E-state index < -0.39 is 0 Å². The standard InChI is InChI=1S/C11H16/c1-3-5-6-7-8-11-9-10(11)4-2/h4-8,10-11H,2-3,9H2,1H3/b6-5-,8-7+. The minimum absolute atomic E-state index is 0.765. The van der Waals surface area contributed by atoms with Crippen LogP contribution < -0.4 is 0 Å². The first kappa shape index (κ1) is 8.32. The summed E-state index contributed by atoms with van der Waals surface area (Å²) in [6.45, 7) is 5.91. The summed E-state index contributed by atoms with van der Waals surface area (Å²) in [4.78, 5) is 0. The fourth-order valence-electron chi connectivity index (χ4n) is 1.15. The normalized spacial score (nSPS) is 29.9. The van der Waals surface area contributed by atoms with Crippen molar-refractivity contribution in [3.8, 4) is 0 Å². The zero-order chi connectivity index (χ0) is 8.10. The third kappa shape index (κ3) is 2.75. The zero-order valence-corrected chi connectivity index (χ0v) is 7.16. The topological polar surface area (TPSA) is 0 Å². The Morgan fingerprint density at radius 3 is 2.73 bits per heavy atom. The summed E-state index contributed by atoms with van der Waals surface area (Å²) in [5.41, 5.74) is 0. The minimum atomic E-state index is 0.765. The van der Waals surface area contributed by atoms with Crippen LogP contribution in [0.3, 0.4) is 0 Å². The Labute approximate surface area is 69.3 Å². The lowest BCUT2D eigenvalue weighted by molar-refractivity contribution is 0.998. The zero-order valence-electron chi connectivity index (χ0n) is 7.16. The molecule has 0 nitrogen and oxygen atoms in total. The number of hydrogen-bond donors (Lipinski definition) is 0. The highest BCUT2D eigenvalue weighted by Gasteiger charge is 2.30. The second-order valence-electron chi connectivity index (χ2n) is 3.02. The van der Waals surface area contributed by atoms with Crippen molar-refractivity contribution in [2.24, 2.45) is 11.8 Å². The Balaban J connectivity index is 2.17. The van der Waals surface area contributed by atoms with Crippen molar-refractivity contribution in [2.45, 2.75) is 19.8 Å². The largest absolute Gasteiger partial charge is 0.103 e. The third-order valence-corrected chi connectivity index (χ3v) is 2.04. The van der Waals surface area contributed by atoms with Crippen LogP contribution >= 0.6 is 0 Å².